The predicted octanol–water partition coefficient (Wildman–Crippen LogP) is 5.49. The van der Waals surface area contributed by atoms with E-state index < -0.39 is 0 Å². The molecule has 0 aromatic heterocycles. The molecule has 0 unspecified atom stereocenters. The lowest BCUT2D eigenvalue weighted by atomic mass is 10.2. The summed E-state index contributed by atoms with van der Waals surface area (Å²) >= 11 is 13.1. The molecule has 1 nitrogen and oxygen atoms in total. The Morgan fingerprint density at radius 2 is 1.38 bits per heavy atom. The highest BCUT2D eigenvalue weighted by Crippen LogP contribution is 2.36. The second-order valence-corrected chi connectivity index (χ2v) is 6.40. The number of halogens is 3. The van der Waals surface area contributed by atoms with E-state index in [1.807, 2.05) is 0 Å². The van der Waals surface area contributed by atoms with Crippen molar-refractivity contribution in [1.82, 2.24) is 0 Å². The largest absolute Gasteiger partial charge is 0.367 e. The number of hydrogen-bond donors (Lipinski definition) is 0. The smallest absolute Gasteiger partial charge is 0.0691 e. The fourth-order valence-electron chi connectivity index (χ4n) is 1.88. The average Bonchev–Trinajstić information content (AvgIpc) is 2.12. The minimum atomic E-state index is 0.458. The fraction of sp³-hybridized carbons (Fsp3) is 0.500. The van der Waals surface area contributed by atoms with Gasteiger partial charge in [0.25, 0.3) is 0 Å². The third-order valence-corrected chi connectivity index (χ3v) is 4.49. The van der Waals surface area contributed by atoms with Gasteiger partial charge in [0.1, 0.15) is 0 Å². The van der Waals surface area contributed by atoms with Crippen LogP contribution in [0.5, 0.6) is 0 Å². The van der Waals surface area contributed by atoms with E-state index in [0.29, 0.717) is 12.1 Å². The van der Waals surface area contributed by atoms with Crippen LogP contribution in [0.15, 0.2) is 21.1 Å². The van der Waals surface area contributed by atoms with E-state index in [-0.39, 0.29) is 0 Å². The number of anilines is 1. The molecular formula is C12H16Br2ClN. The van der Waals surface area contributed by atoms with E-state index >= 15 is 0 Å². The number of rotatable bonds is 3. The van der Waals surface area contributed by atoms with Crippen LogP contribution >= 0.6 is 43.5 Å². The molecule has 0 spiro atoms. The normalized spacial score (nSPS) is 11.3. The summed E-state index contributed by atoms with van der Waals surface area (Å²) in [6.07, 6.45) is 0. The molecule has 0 aliphatic heterocycles. The summed E-state index contributed by atoms with van der Waals surface area (Å²) in [6, 6.07) is 5.04. The van der Waals surface area contributed by atoms with Gasteiger partial charge < -0.3 is 4.90 Å². The van der Waals surface area contributed by atoms with Crippen molar-refractivity contribution in [3.05, 3.63) is 26.1 Å². The predicted molar refractivity (Wildman–Crippen MR) is 79.6 cm³/mol. The molecule has 4 heteroatoms. The van der Waals surface area contributed by atoms with Crippen LogP contribution in [-0.4, -0.2) is 12.1 Å². The van der Waals surface area contributed by atoms with Crippen molar-refractivity contribution in [2.24, 2.45) is 0 Å². The topological polar surface area (TPSA) is 3.24 Å². The Bertz CT molecular complexity index is 346. The molecule has 0 fully saturated rings. The van der Waals surface area contributed by atoms with Gasteiger partial charge in [-0.15, -0.1) is 0 Å². The molecule has 0 N–H and O–H groups in total. The zero-order valence-electron chi connectivity index (χ0n) is 9.89. The van der Waals surface area contributed by atoms with E-state index in [1.165, 1.54) is 5.69 Å². The summed E-state index contributed by atoms with van der Waals surface area (Å²) < 4.78 is 1.84. The van der Waals surface area contributed by atoms with Gasteiger partial charge in [0.2, 0.25) is 0 Å². The van der Waals surface area contributed by atoms with Crippen molar-refractivity contribution < 1.29 is 0 Å². The van der Waals surface area contributed by atoms with Crippen molar-refractivity contribution in [3.8, 4) is 0 Å². The third-order valence-electron chi connectivity index (χ3n) is 2.38. The van der Waals surface area contributed by atoms with E-state index in [1.54, 1.807) is 0 Å². The van der Waals surface area contributed by atoms with Crippen molar-refractivity contribution in [3.63, 3.8) is 0 Å². The van der Waals surface area contributed by atoms with Crippen molar-refractivity contribution >= 4 is 49.1 Å². The van der Waals surface area contributed by atoms with Gasteiger partial charge in [-0.05, 0) is 71.7 Å². The molecule has 0 amide bonds. The molecular weight excluding hydrogens is 353 g/mol. The second-order valence-electron chi connectivity index (χ2n) is 4.32. The quantitative estimate of drug-likeness (QED) is 0.637. The highest BCUT2D eigenvalue weighted by Gasteiger charge is 2.16. The Morgan fingerprint density at radius 3 is 1.69 bits per heavy atom. The maximum Gasteiger partial charge on any atom is 0.0691 e. The van der Waals surface area contributed by atoms with Gasteiger partial charge in [0.05, 0.1) is 5.02 Å². The Morgan fingerprint density at radius 1 is 1.00 bits per heavy atom. The lowest BCUT2D eigenvalue weighted by molar-refractivity contribution is 0.608. The molecule has 0 atom stereocenters. The Kier molecular flexibility index (Phi) is 5.14. The van der Waals surface area contributed by atoms with Crippen molar-refractivity contribution in [2.45, 2.75) is 39.8 Å². The van der Waals surface area contributed by atoms with E-state index in [2.05, 4.69) is 76.6 Å². The van der Waals surface area contributed by atoms with Gasteiger partial charge in [0, 0.05) is 26.7 Å². The molecule has 0 aliphatic rings. The average molecular weight is 370 g/mol. The lowest BCUT2D eigenvalue weighted by Crippen LogP contribution is -2.36. The maximum atomic E-state index is 6.10. The SMILES string of the molecule is CC(C)N(c1cc(Br)c(Cl)c(Br)c1)C(C)C. The van der Waals surface area contributed by atoms with E-state index in [0.717, 1.165) is 14.0 Å². The van der Waals surface area contributed by atoms with Gasteiger partial charge in [-0.1, -0.05) is 11.6 Å². The van der Waals surface area contributed by atoms with Crippen molar-refractivity contribution in [2.75, 3.05) is 4.90 Å². The minimum Gasteiger partial charge on any atom is -0.367 e. The van der Waals surface area contributed by atoms with Gasteiger partial charge >= 0.3 is 0 Å². The van der Waals surface area contributed by atoms with Gasteiger partial charge in [-0.25, -0.2) is 0 Å². The Labute approximate surface area is 119 Å². The molecule has 1 aromatic carbocycles. The summed E-state index contributed by atoms with van der Waals surface area (Å²) in [7, 11) is 0. The molecule has 90 valence electrons. The fourth-order valence-corrected chi connectivity index (χ4v) is 3.16. The minimum absolute atomic E-state index is 0.458. The van der Waals surface area contributed by atoms with Gasteiger partial charge in [-0.2, -0.15) is 0 Å². The molecule has 0 radical (unpaired) electrons. The van der Waals surface area contributed by atoms with Gasteiger partial charge in [0.15, 0.2) is 0 Å². The number of hydrogen-bond acceptors (Lipinski definition) is 1. The zero-order valence-corrected chi connectivity index (χ0v) is 13.8. The number of benzene rings is 1. The lowest BCUT2D eigenvalue weighted by Gasteiger charge is -2.33. The molecule has 1 rings (SSSR count). The van der Waals surface area contributed by atoms with E-state index in [9.17, 15) is 0 Å². The van der Waals surface area contributed by atoms with Crippen LogP contribution in [0.4, 0.5) is 5.69 Å². The van der Waals surface area contributed by atoms with Gasteiger partial charge in [-0.3, -0.25) is 0 Å². The van der Waals surface area contributed by atoms with Crippen LogP contribution in [-0.2, 0) is 0 Å². The molecule has 16 heavy (non-hydrogen) atoms. The summed E-state index contributed by atoms with van der Waals surface area (Å²) in [5, 5.41) is 0.719. The van der Waals surface area contributed by atoms with Crippen molar-refractivity contribution in [1.29, 1.82) is 0 Å². The zero-order chi connectivity index (χ0) is 12.5. The summed E-state index contributed by atoms with van der Waals surface area (Å²) in [5.74, 6) is 0. The Balaban J connectivity index is 3.21. The number of nitrogens with zero attached hydrogens (tertiary/aromatic N) is 1. The second kappa shape index (κ2) is 5.74. The van der Waals surface area contributed by atoms with Crippen LogP contribution in [0.2, 0.25) is 5.02 Å². The first kappa shape index (κ1) is 14.3. The molecule has 0 heterocycles. The molecule has 0 saturated heterocycles. The van der Waals surface area contributed by atoms with Crippen LogP contribution in [0.25, 0.3) is 0 Å². The summed E-state index contributed by atoms with van der Waals surface area (Å²) in [5.41, 5.74) is 1.17. The molecule has 1 aromatic rings. The molecule has 0 saturated carbocycles. The molecule has 0 aliphatic carbocycles. The highest BCUT2D eigenvalue weighted by molar-refractivity contribution is 9.11. The first-order chi connectivity index (χ1) is 7.34. The highest BCUT2D eigenvalue weighted by atomic mass is 79.9. The third kappa shape index (κ3) is 3.14. The maximum absolute atomic E-state index is 6.10. The van der Waals surface area contributed by atoms with Crippen LogP contribution in [0.1, 0.15) is 27.7 Å². The van der Waals surface area contributed by atoms with Crippen LogP contribution in [0, 0.1) is 0 Å². The monoisotopic (exact) mass is 367 g/mol. The Hall–Kier alpha value is 0.270. The summed E-state index contributed by atoms with van der Waals surface area (Å²) in [4.78, 5) is 2.35. The molecule has 0 bridgehead atoms. The van der Waals surface area contributed by atoms with Crippen LogP contribution < -0.4 is 4.90 Å². The first-order valence-corrected chi connectivity index (χ1v) is 7.24. The standard InChI is InChI=1S/C12H16Br2ClN/c1-7(2)16(8(3)4)9-5-10(13)12(15)11(14)6-9/h5-8H,1-4H3. The van der Waals surface area contributed by atoms with Crippen LogP contribution in [0.3, 0.4) is 0 Å². The van der Waals surface area contributed by atoms with E-state index in [4.69, 9.17) is 11.6 Å². The first-order valence-electron chi connectivity index (χ1n) is 5.27. The summed E-state index contributed by atoms with van der Waals surface area (Å²) in [6.45, 7) is 8.76.